The molecule has 2 aliphatic rings. The molecule has 112 valence electrons. The van der Waals surface area contributed by atoms with Crippen LogP contribution in [0.2, 0.25) is 0 Å². The summed E-state index contributed by atoms with van der Waals surface area (Å²) in [6.07, 6.45) is 6.77. The summed E-state index contributed by atoms with van der Waals surface area (Å²) in [6.45, 7) is 7.75. The second kappa shape index (κ2) is 9.00. The lowest BCUT2D eigenvalue weighted by molar-refractivity contribution is 0.187. The van der Waals surface area contributed by atoms with E-state index in [0.717, 1.165) is 31.5 Å². The van der Waals surface area contributed by atoms with E-state index in [1.807, 2.05) is 0 Å². The summed E-state index contributed by atoms with van der Waals surface area (Å²) in [5.74, 6) is 2.28. The number of nitrogens with two attached hydrogens (primary N) is 1. The molecule has 0 spiro atoms. The van der Waals surface area contributed by atoms with E-state index in [2.05, 4.69) is 22.1 Å². The molecule has 1 saturated carbocycles. The number of likely N-dealkylation sites (tertiary alicyclic amines) is 1. The SMILES string of the molecule is CC1CCCN(CCNC(N)=NCC2CCC2)C1.I. The summed E-state index contributed by atoms with van der Waals surface area (Å²) in [7, 11) is 0. The highest BCUT2D eigenvalue weighted by atomic mass is 127. The van der Waals surface area contributed by atoms with Crippen LogP contribution in [0.15, 0.2) is 4.99 Å². The summed E-state index contributed by atoms with van der Waals surface area (Å²) in [4.78, 5) is 6.94. The Morgan fingerprint density at radius 1 is 1.32 bits per heavy atom. The Kier molecular flexibility index (Phi) is 8.06. The normalized spacial score (nSPS) is 25.5. The Hall–Kier alpha value is -0.0400. The van der Waals surface area contributed by atoms with Crippen LogP contribution in [0.5, 0.6) is 0 Å². The second-order valence-corrected chi connectivity index (χ2v) is 6.00. The van der Waals surface area contributed by atoms with Gasteiger partial charge in [-0.3, -0.25) is 4.99 Å². The smallest absolute Gasteiger partial charge is 0.188 e. The number of nitrogens with one attached hydrogen (secondary N) is 1. The molecule has 0 amide bonds. The zero-order valence-corrected chi connectivity index (χ0v) is 14.4. The summed E-state index contributed by atoms with van der Waals surface area (Å²) < 4.78 is 0. The Morgan fingerprint density at radius 2 is 2.11 bits per heavy atom. The molecule has 0 aromatic heterocycles. The lowest BCUT2D eigenvalue weighted by Gasteiger charge is -2.30. The van der Waals surface area contributed by atoms with Crippen LogP contribution in [-0.4, -0.2) is 43.6 Å². The Bertz CT molecular complexity index is 279. The molecule has 5 heteroatoms. The predicted molar refractivity (Wildman–Crippen MR) is 92.1 cm³/mol. The molecule has 1 atom stereocenters. The van der Waals surface area contributed by atoms with Gasteiger partial charge in [-0.1, -0.05) is 13.3 Å². The van der Waals surface area contributed by atoms with Crippen molar-refractivity contribution in [3.8, 4) is 0 Å². The number of piperidine rings is 1. The first-order valence-electron chi connectivity index (χ1n) is 7.50. The van der Waals surface area contributed by atoms with E-state index in [1.165, 1.54) is 45.2 Å². The van der Waals surface area contributed by atoms with E-state index in [-0.39, 0.29) is 24.0 Å². The van der Waals surface area contributed by atoms with Crippen molar-refractivity contribution < 1.29 is 0 Å². The molecule has 1 aliphatic carbocycles. The quantitative estimate of drug-likeness (QED) is 0.436. The molecule has 1 aliphatic heterocycles. The molecule has 0 aromatic rings. The molecule has 2 fully saturated rings. The van der Waals surface area contributed by atoms with E-state index in [1.54, 1.807) is 0 Å². The van der Waals surface area contributed by atoms with Crippen LogP contribution in [0.4, 0.5) is 0 Å². The molecule has 4 nitrogen and oxygen atoms in total. The first-order valence-corrected chi connectivity index (χ1v) is 7.50. The van der Waals surface area contributed by atoms with Gasteiger partial charge in [0.1, 0.15) is 0 Å². The highest BCUT2D eigenvalue weighted by molar-refractivity contribution is 14.0. The number of guanidine groups is 1. The van der Waals surface area contributed by atoms with E-state index in [0.29, 0.717) is 5.96 Å². The highest BCUT2D eigenvalue weighted by Gasteiger charge is 2.17. The van der Waals surface area contributed by atoms with Gasteiger partial charge >= 0.3 is 0 Å². The van der Waals surface area contributed by atoms with Crippen molar-refractivity contribution in [3.63, 3.8) is 0 Å². The average molecular weight is 380 g/mol. The number of halogens is 1. The number of rotatable bonds is 5. The molecule has 19 heavy (non-hydrogen) atoms. The largest absolute Gasteiger partial charge is 0.370 e. The van der Waals surface area contributed by atoms with Crippen molar-refractivity contribution in [1.82, 2.24) is 10.2 Å². The average Bonchev–Trinajstić information content (AvgIpc) is 2.27. The maximum Gasteiger partial charge on any atom is 0.188 e. The van der Waals surface area contributed by atoms with Crippen molar-refractivity contribution >= 4 is 29.9 Å². The Labute approximate surface area is 134 Å². The molecule has 2 rings (SSSR count). The first-order chi connectivity index (χ1) is 8.74. The lowest BCUT2D eigenvalue weighted by Crippen LogP contribution is -2.42. The number of hydrogen-bond acceptors (Lipinski definition) is 2. The molecule has 3 N–H and O–H groups in total. The van der Waals surface area contributed by atoms with Gasteiger partial charge in [0.2, 0.25) is 0 Å². The van der Waals surface area contributed by atoms with Crippen molar-refractivity contribution in [1.29, 1.82) is 0 Å². The van der Waals surface area contributed by atoms with Crippen LogP contribution in [0.25, 0.3) is 0 Å². The lowest BCUT2D eigenvalue weighted by atomic mass is 9.86. The fraction of sp³-hybridized carbons (Fsp3) is 0.929. The maximum atomic E-state index is 5.86. The minimum Gasteiger partial charge on any atom is -0.370 e. The number of aliphatic imine (C=N–C) groups is 1. The fourth-order valence-electron chi connectivity index (χ4n) is 2.79. The van der Waals surface area contributed by atoms with Gasteiger partial charge in [-0.15, -0.1) is 24.0 Å². The van der Waals surface area contributed by atoms with Gasteiger partial charge in [0.05, 0.1) is 0 Å². The second-order valence-electron chi connectivity index (χ2n) is 6.00. The Morgan fingerprint density at radius 3 is 2.74 bits per heavy atom. The molecule has 1 saturated heterocycles. The monoisotopic (exact) mass is 380 g/mol. The zero-order valence-electron chi connectivity index (χ0n) is 12.1. The fourth-order valence-corrected chi connectivity index (χ4v) is 2.79. The van der Waals surface area contributed by atoms with Crippen molar-refractivity contribution in [2.75, 3.05) is 32.7 Å². The topological polar surface area (TPSA) is 53.6 Å². The van der Waals surface area contributed by atoms with E-state index >= 15 is 0 Å². The predicted octanol–water partition coefficient (Wildman–Crippen LogP) is 2.04. The number of nitrogens with zero attached hydrogens (tertiary/aromatic N) is 2. The van der Waals surface area contributed by atoms with Crippen LogP contribution in [0.1, 0.15) is 39.0 Å². The molecule has 1 unspecified atom stereocenters. The van der Waals surface area contributed by atoms with E-state index < -0.39 is 0 Å². The zero-order chi connectivity index (χ0) is 12.8. The van der Waals surface area contributed by atoms with Crippen LogP contribution in [0.3, 0.4) is 0 Å². The van der Waals surface area contributed by atoms with Gasteiger partial charge in [-0.25, -0.2) is 0 Å². The van der Waals surface area contributed by atoms with Gasteiger partial charge in [-0.05, 0) is 44.1 Å². The molecular weight excluding hydrogens is 351 g/mol. The van der Waals surface area contributed by atoms with Gasteiger partial charge in [-0.2, -0.15) is 0 Å². The molecular formula is C14H29IN4. The van der Waals surface area contributed by atoms with Gasteiger partial charge in [0.25, 0.3) is 0 Å². The van der Waals surface area contributed by atoms with Crippen LogP contribution >= 0.6 is 24.0 Å². The molecule has 0 radical (unpaired) electrons. The van der Waals surface area contributed by atoms with Crippen LogP contribution in [-0.2, 0) is 0 Å². The molecule has 0 aromatic carbocycles. The molecule has 1 heterocycles. The third-order valence-corrected chi connectivity index (χ3v) is 4.22. The van der Waals surface area contributed by atoms with E-state index in [9.17, 15) is 0 Å². The minimum absolute atomic E-state index is 0. The summed E-state index contributed by atoms with van der Waals surface area (Å²) >= 11 is 0. The summed E-state index contributed by atoms with van der Waals surface area (Å²) in [5.41, 5.74) is 5.86. The number of hydrogen-bond donors (Lipinski definition) is 2. The van der Waals surface area contributed by atoms with Crippen molar-refractivity contribution in [2.24, 2.45) is 22.6 Å². The third-order valence-electron chi connectivity index (χ3n) is 4.22. The van der Waals surface area contributed by atoms with Gasteiger partial charge < -0.3 is 16.0 Å². The van der Waals surface area contributed by atoms with Crippen molar-refractivity contribution in [2.45, 2.75) is 39.0 Å². The van der Waals surface area contributed by atoms with Crippen molar-refractivity contribution in [3.05, 3.63) is 0 Å². The minimum atomic E-state index is 0. The van der Waals surface area contributed by atoms with Crippen LogP contribution in [0, 0.1) is 11.8 Å². The van der Waals surface area contributed by atoms with E-state index in [4.69, 9.17) is 5.73 Å². The molecule has 0 bridgehead atoms. The van der Waals surface area contributed by atoms with Crippen LogP contribution < -0.4 is 11.1 Å². The Balaban J connectivity index is 0.00000180. The highest BCUT2D eigenvalue weighted by Crippen LogP contribution is 2.26. The summed E-state index contributed by atoms with van der Waals surface area (Å²) in [5, 5.41) is 3.23. The van der Waals surface area contributed by atoms with Gasteiger partial charge in [0, 0.05) is 26.2 Å². The standard InChI is InChI=1S/C14H28N4.HI/c1-12-4-3-8-18(11-12)9-7-16-14(15)17-10-13-5-2-6-13;/h12-13H,2-11H2,1H3,(H3,15,16,17);1H. The summed E-state index contributed by atoms with van der Waals surface area (Å²) in [6, 6.07) is 0. The first kappa shape index (κ1) is 17.0. The van der Waals surface area contributed by atoms with Gasteiger partial charge in [0.15, 0.2) is 5.96 Å². The third kappa shape index (κ3) is 6.29. The maximum absolute atomic E-state index is 5.86.